The molecular weight excluding hydrogens is 140 g/mol. The molecule has 0 amide bonds. The van der Waals surface area contributed by atoms with Crippen LogP contribution in [-0.4, -0.2) is 9.55 Å². The van der Waals surface area contributed by atoms with Crippen LogP contribution >= 0.6 is 0 Å². The van der Waals surface area contributed by atoms with Gasteiger partial charge in [0.05, 0.1) is 6.33 Å². The Kier molecular flexibility index (Phi) is 2.72. The number of nitrogens with zero attached hydrogens (tertiary/aromatic N) is 2. The zero-order chi connectivity index (χ0) is 4.41. The van der Waals surface area contributed by atoms with E-state index in [-0.39, 0.29) is 17.1 Å². The molecule has 1 heterocycles. The first-order valence-corrected chi connectivity index (χ1v) is 1.81. The van der Waals surface area contributed by atoms with Crippen LogP contribution in [-0.2, 0) is 24.1 Å². The first-order valence-electron chi connectivity index (χ1n) is 1.81. The zero-order valence-corrected chi connectivity index (χ0v) is 4.87. The van der Waals surface area contributed by atoms with E-state index in [2.05, 4.69) is 4.98 Å². The molecule has 0 aliphatic rings. The number of hydrogen-bond acceptors (Lipinski definition) is 1. The maximum Gasteiger partial charge on any atom is 0.0943 e. The van der Waals surface area contributed by atoms with Crippen LogP contribution in [0.3, 0.4) is 0 Å². The van der Waals surface area contributed by atoms with E-state index >= 15 is 0 Å². The van der Waals surface area contributed by atoms with Crippen LogP contribution in [0.2, 0.25) is 0 Å². The van der Waals surface area contributed by atoms with E-state index in [1.807, 2.05) is 17.8 Å². The Hall–Kier alpha value is -0.271. The molecule has 0 spiro atoms. The number of rotatable bonds is 0. The summed E-state index contributed by atoms with van der Waals surface area (Å²) in [5.41, 5.74) is 0. The van der Waals surface area contributed by atoms with Gasteiger partial charge in [0.1, 0.15) is 0 Å². The van der Waals surface area contributed by atoms with E-state index in [4.69, 9.17) is 0 Å². The molecule has 0 bridgehead atoms. The smallest absolute Gasteiger partial charge is 0.0943 e. The summed E-state index contributed by atoms with van der Waals surface area (Å²) in [5.74, 6) is 0. The molecule has 1 radical (unpaired) electrons. The fourth-order valence-electron chi connectivity index (χ4n) is 0.326. The van der Waals surface area contributed by atoms with Crippen molar-refractivity contribution in [2.45, 2.75) is 0 Å². The number of imidazole rings is 1. The monoisotopic (exact) mass is 145 g/mol. The molecule has 43 valence electrons. The van der Waals surface area contributed by atoms with Crippen LogP contribution in [0.25, 0.3) is 0 Å². The molecule has 0 aliphatic carbocycles. The second-order valence-corrected chi connectivity index (χ2v) is 1.23. The van der Waals surface area contributed by atoms with Crippen LogP contribution in [0.5, 0.6) is 0 Å². The van der Waals surface area contributed by atoms with Gasteiger partial charge in [-0.2, -0.15) is 0 Å². The third kappa shape index (κ3) is 1.76. The van der Waals surface area contributed by atoms with E-state index in [0.717, 1.165) is 0 Å². The zero-order valence-electron chi connectivity index (χ0n) is 3.93. The van der Waals surface area contributed by atoms with Gasteiger partial charge in [-0.3, -0.25) is 0 Å². The fourth-order valence-corrected chi connectivity index (χ4v) is 0.326. The summed E-state index contributed by atoms with van der Waals surface area (Å²) in [5, 5.41) is 0. The van der Waals surface area contributed by atoms with Gasteiger partial charge < -0.3 is 4.57 Å². The van der Waals surface area contributed by atoms with Crippen molar-refractivity contribution < 1.29 is 17.1 Å². The van der Waals surface area contributed by atoms with Crippen molar-refractivity contribution in [3.05, 3.63) is 18.7 Å². The van der Waals surface area contributed by atoms with Crippen LogP contribution in [0.15, 0.2) is 18.7 Å². The van der Waals surface area contributed by atoms with E-state index in [9.17, 15) is 0 Å². The van der Waals surface area contributed by atoms with Crippen molar-refractivity contribution in [1.82, 2.24) is 9.55 Å². The van der Waals surface area contributed by atoms with E-state index in [1.54, 1.807) is 12.5 Å². The number of hydrogen-bond donors (Lipinski definition) is 0. The van der Waals surface area contributed by atoms with E-state index in [1.165, 1.54) is 0 Å². The van der Waals surface area contributed by atoms with Crippen molar-refractivity contribution in [2.24, 2.45) is 7.05 Å². The Morgan fingerprint density at radius 1 is 1.57 bits per heavy atom. The predicted molar refractivity (Wildman–Crippen MR) is 23.2 cm³/mol. The summed E-state index contributed by atoms with van der Waals surface area (Å²) in [6, 6.07) is 0. The summed E-state index contributed by atoms with van der Waals surface area (Å²) in [7, 11) is 1.94. The fraction of sp³-hybridized carbons (Fsp3) is 0.250. The molecular formula is C4H6CuN2. The van der Waals surface area contributed by atoms with Gasteiger partial charge in [-0.15, -0.1) is 0 Å². The van der Waals surface area contributed by atoms with Crippen molar-refractivity contribution in [2.75, 3.05) is 0 Å². The Morgan fingerprint density at radius 2 is 2.29 bits per heavy atom. The molecule has 0 aliphatic heterocycles. The van der Waals surface area contributed by atoms with Gasteiger partial charge in [-0.05, 0) is 0 Å². The molecule has 1 rings (SSSR count). The maximum atomic E-state index is 3.78. The van der Waals surface area contributed by atoms with E-state index in [0.29, 0.717) is 0 Å². The van der Waals surface area contributed by atoms with Gasteiger partial charge in [-0.1, -0.05) is 0 Å². The van der Waals surface area contributed by atoms with Crippen molar-refractivity contribution in [3.8, 4) is 0 Å². The summed E-state index contributed by atoms with van der Waals surface area (Å²) in [6.45, 7) is 0. The first-order chi connectivity index (χ1) is 2.89. The molecule has 0 saturated heterocycles. The quantitative estimate of drug-likeness (QED) is 0.484. The summed E-state index contributed by atoms with van der Waals surface area (Å²) in [6.07, 6.45) is 5.39. The summed E-state index contributed by atoms with van der Waals surface area (Å²) >= 11 is 0. The Balaban J connectivity index is 0.000000360. The van der Waals surface area contributed by atoms with Crippen molar-refractivity contribution in [3.63, 3.8) is 0 Å². The van der Waals surface area contributed by atoms with E-state index < -0.39 is 0 Å². The van der Waals surface area contributed by atoms with Crippen molar-refractivity contribution >= 4 is 0 Å². The first kappa shape index (κ1) is 6.73. The van der Waals surface area contributed by atoms with Gasteiger partial charge in [0.2, 0.25) is 0 Å². The molecule has 0 aromatic carbocycles. The van der Waals surface area contributed by atoms with Gasteiger partial charge in [0.15, 0.2) is 0 Å². The summed E-state index contributed by atoms with van der Waals surface area (Å²) < 4.78 is 1.89. The minimum absolute atomic E-state index is 0. The molecule has 0 N–H and O–H groups in total. The van der Waals surface area contributed by atoms with Crippen LogP contribution < -0.4 is 0 Å². The number of aryl methyl sites for hydroxylation is 1. The molecule has 1 aromatic rings. The second-order valence-electron chi connectivity index (χ2n) is 1.23. The van der Waals surface area contributed by atoms with Crippen LogP contribution in [0.4, 0.5) is 0 Å². The van der Waals surface area contributed by atoms with Crippen LogP contribution in [0.1, 0.15) is 0 Å². The summed E-state index contributed by atoms with van der Waals surface area (Å²) in [4.78, 5) is 3.78. The van der Waals surface area contributed by atoms with Gasteiger partial charge in [0.25, 0.3) is 0 Å². The Morgan fingerprint density at radius 3 is 2.43 bits per heavy atom. The maximum absolute atomic E-state index is 3.78. The van der Waals surface area contributed by atoms with Crippen molar-refractivity contribution in [1.29, 1.82) is 0 Å². The molecule has 2 nitrogen and oxygen atoms in total. The molecule has 7 heavy (non-hydrogen) atoms. The average molecular weight is 146 g/mol. The second kappa shape index (κ2) is 2.83. The standard InChI is InChI=1S/C4H6N2.Cu/c1-6-3-2-5-4-6;/h2-4H,1H3;. The largest absolute Gasteiger partial charge is 0.341 e. The van der Waals surface area contributed by atoms with Gasteiger partial charge in [-0.25, -0.2) is 4.98 Å². The molecule has 3 heteroatoms. The average Bonchev–Trinajstić information content (AvgIpc) is 1.86. The molecule has 0 atom stereocenters. The normalized spacial score (nSPS) is 7.57. The molecule has 0 unspecified atom stereocenters. The minimum atomic E-state index is 0. The van der Waals surface area contributed by atoms with Gasteiger partial charge in [0, 0.05) is 36.5 Å². The predicted octanol–water partition coefficient (Wildman–Crippen LogP) is 0.418. The molecule has 0 saturated carbocycles. The SMILES string of the molecule is Cn1ccnc1.[Cu]. The third-order valence-electron chi connectivity index (χ3n) is 0.637. The number of aromatic nitrogens is 2. The Bertz CT molecular complexity index is 113. The van der Waals surface area contributed by atoms with Crippen LogP contribution in [0, 0.1) is 0 Å². The topological polar surface area (TPSA) is 17.8 Å². The Labute approximate surface area is 53.0 Å². The molecule has 1 aromatic heterocycles. The third-order valence-corrected chi connectivity index (χ3v) is 0.637. The minimum Gasteiger partial charge on any atom is -0.341 e. The molecule has 0 fully saturated rings. The van der Waals surface area contributed by atoms with Gasteiger partial charge >= 0.3 is 0 Å².